The van der Waals surface area contributed by atoms with Crippen LogP contribution in [0.25, 0.3) is 11.0 Å². The number of halogens is 1. The lowest BCUT2D eigenvalue weighted by molar-refractivity contribution is 0.0953. The number of ether oxygens (including phenoxy) is 1. The van der Waals surface area contributed by atoms with E-state index in [1.165, 1.54) is 6.26 Å². The summed E-state index contributed by atoms with van der Waals surface area (Å²) < 4.78 is 10.9. The van der Waals surface area contributed by atoms with Crippen LogP contribution in [0.4, 0.5) is 0 Å². The third kappa shape index (κ3) is 2.46. The van der Waals surface area contributed by atoms with Gasteiger partial charge in [-0.3, -0.25) is 9.59 Å². The van der Waals surface area contributed by atoms with Crippen LogP contribution in [0.1, 0.15) is 22.0 Å². The summed E-state index contributed by atoms with van der Waals surface area (Å²) in [6.07, 6.45) is 0.170. The molecular weight excluding hydrogens is 316 g/mol. The maximum absolute atomic E-state index is 12.5. The van der Waals surface area contributed by atoms with Crippen molar-refractivity contribution in [2.75, 3.05) is 0 Å². The van der Waals surface area contributed by atoms with Crippen LogP contribution in [-0.2, 0) is 4.74 Å². The first-order chi connectivity index (χ1) is 11.1. The van der Waals surface area contributed by atoms with E-state index in [1.54, 1.807) is 48.5 Å². The van der Waals surface area contributed by atoms with Gasteiger partial charge in [0.05, 0.1) is 10.9 Å². The largest absolute Gasteiger partial charge is 0.464 e. The standard InChI is InChI=1S/C18H11ClO4/c19-11-7-5-10(6-8-11)15(20)18-17(23-18)13-9-22-14-4-2-1-3-12(14)16(13)21/h1-9,17-18H/t17-,18-/m0/s1. The summed E-state index contributed by atoms with van der Waals surface area (Å²) in [5.74, 6) is -0.167. The van der Waals surface area contributed by atoms with E-state index < -0.39 is 12.2 Å². The van der Waals surface area contributed by atoms with Crippen LogP contribution in [0, 0.1) is 0 Å². The zero-order chi connectivity index (χ0) is 16.0. The number of para-hydroxylation sites is 1. The van der Waals surface area contributed by atoms with Gasteiger partial charge >= 0.3 is 0 Å². The van der Waals surface area contributed by atoms with Crippen LogP contribution in [0.5, 0.6) is 0 Å². The second-order valence-electron chi connectivity index (χ2n) is 5.36. The summed E-state index contributed by atoms with van der Waals surface area (Å²) in [5, 5.41) is 1.04. The van der Waals surface area contributed by atoms with E-state index in [-0.39, 0.29) is 11.2 Å². The van der Waals surface area contributed by atoms with Crippen molar-refractivity contribution in [3.63, 3.8) is 0 Å². The lowest BCUT2D eigenvalue weighted by atomic mass is 10.0. The van der Waals surface area contributed by atoms with Crippen LogP contribution in [0.15, 0.2) is 64.0 Å². The first-order valence-corrected chi connectivity index (χ1v) is 7.48. The highest BCUT2D eigenvalue weighted by Gasteiger charge is 2.48. The topological polar surface area (TPSA) is 59.8 Å². The number of carbonyl (C=O) groups is 1. The van der Waals surface area contributed by atoms with Gasteiger partial charge in [0, 0.05) is 10.6 Å². The van der Waals surface area contributed by atoms with E-state index in [4.69, 9.17) is 20.8 Å². The fourth-order valence-corrected chi connectivity index (χ4v) is 2.74. The van der Waals surface area contributed by atoms with Crippen molar-refractivity contribution < 1.29 is 13.9 Å². The Hall–Kier alpha value is -2.43. The molecule has 1 aliphatic rings. The Balaban J connectivity index is 1.64. The van der Waals surface area contributed by atoms with E-state index >= 15 is 0 Å². The Morgan fingerprint density at radius 2 is 1.78 bits per heavy atom. The first-order valence-electron chi connectivity index (χ1n) is 7.11. The molecule has 4 rings (SSSR count). The highest BCUT2D eigenvalue weighted by atomic mass is 35.5. The van der Waals surface area contributed by atoms with Gasteiger partial charge in [-0.2, -0.15) is 0 Å². The molecule has 0 aliphatic carbocycles. The number of rotatable bonds is 3. The number of fused-ring (bicyclic) bond motifs is 1. The third-order valence-electron chi connectivity index (χ3n) is 3.89. The molecular formula is C18H11ClO4. The summed E-state index contributed by atoms with van der Waals surface area (Å²) in [4.78, 5) is 24.9. The summed E-state index contributed by atoms with van der Waals surface area (Å²) in [7, 11) is 0. The molecule has 0 spiro atoms. The molecule has 1 aromatic heterocycles. The molecule has 0 bridgehead atoms. The van der Waals surface area contributed by atoms with Crippen molar-refractivity contribution >= 4 is 28.4 Å². The van der Waals surface area contributed by atoms with E-state index in [9.17, 15) is 9.59 Å². The summed E-state index contributed by atoms with van der Waals surface area (Å²) in [6.45, 7) is 0. The van der Waals surface area contributed by atoms with Crippen LogP contribution < -0.4 is 5.43 Å². The summed E-state index contributed by atoms with van der Waals surface area (Å²) >= 11 is 5.82. The normalized spacial score (nSPS) is 19.7. The molecule has 0 saturated carbocycles. The van der Waals surface area contributed by atoms with Crippen molar-refractivity contribution in [2.24, 2.45) is 0 Å². The van der Waals surface area contributed by atoms with Crippen LogP contribution in [0.2, 0.25) is 5.02 Å². The van der Waals surface area contributed by atoms with Gasteiger partial charge in [-0.05, 0) is 36.4 Å². The Morgan fingerprint density at radius 3 is 2.57 bits per heavy atom. The van der Waals surface area contributed by atoms with E-state index in [0.29, 0.717) is 27.1 Å². The quantitative estimate of drug-likeness (QED) is 0.543. The van der Waals surface area contributed by atoms with Gasteiger partial charge < -0.3 is 9.15 Å². The van der Waals surface area contributed by atoms with Crippen LogP contribution in [0.3, 0.4) is 0 Å². The van der Waals surface area contributed by atoms with Gasteiger partial charge in [0.1, 0.15) is 18.0 Å². The molecule has 4 nitrogen and oxygen atoms in total. The van der Waals surface area contributed by atoms with Crippen LogP contribution >= 0.6 is 11.6 Å². The maximum atomic E-state index is 12.5. The number of ketones is 1. The molecule has 1 fully saturated rings. The van der Waals surface area contributed by atoms with Crippen molar-refractivity contribution in [3.05, 3.63) is 81.2 Å². The fourth-order valence-electron chi connectivity index (χ4n) is 2.62. The van der Waals surface area contributed by atoms with Crippen LogP contribution in [-0.4, -0.2) is 11.9 Å². The summed E-state index contributed by atoms with van der Waals surface area (Å²) in [5.41, 5.74) is 1.23. The Bertz CT molecular complexity index is 959. The van der Waals surface area contributed by atoms with E-state index in [0.717, 1.165) is 0 Å². The van der Waals surface area contributed by atoms with Gasteiger partial charge in [0.2, 0.25) is 0 Å². The Kier molecular flexibility index (Phi) is 3.29. The maximum Gasteiger partial charge on any atom is 0.198 e. The fraction of sp³-hybridized carbons (Fsp3) is 0.111. The molecule has 5 heteroatoms. The van der Waals surface area contributed by atoms with Crippen molar-refractivity contribution in [1.29, 1.82) is 0 Å². The van der Waals surface area contributed by atoms with Crippen molar-refractivity contribution in [2.45, 2.75) is 12.2 Å². The highest BCUT2D eigenvalue weighted by molar-refractivity contribution is 6.30. The smallest absolute Gasteiger partial charge is 0.198 e. The lowest BCUT2D eigenvalue weighted by Gasteiger charge is -2.00. The van der Waals surface area contributed by atoms with E-state index in [2.05, 4.69) is 0 Å². The SMILES string of the molecule is O=C(c1ccc(Cl)cc1)[C@@H]1O[C@H]1c1coc2ccccc2c1=O. The minimum absolute atomic E-state index is 0.164. The minimum atomic E-state index is -0.653. The van der Waals surface area contributed by atoms with Gasteiger partial charge in [0.25, 0.3) is 0 Å². The number of epoxide rings is 1. The van der Waals surface area contributed by atoms with E-state index in [1.807, 2.05) is 0 Å². The highest BCUT2D eigenvalue weighted by Crippen LogP contribution is 2.39. The Labute approximate surface area is 136 Å². The zero-order valence-electron chi connectivity index (χ0n) is 11.9. The molecule has 1 saturated heterocycles. The molecule has 0 radical (unpaired) electrons. The van der Waals surface area contributed by atoms with Gasteiger partial charge in [0.15, 0.2) is 17.3 Å². The first kappa shape index (κ1) is 14.2. The van der Waals surface area contributed by atoms with Crippen molar-refractivity contribution in [1.82, 2.24) is 0 Å². The van der Waals surface area contributed by atoms with Gasteiger partial charge in [-0.25, -0.2) is 0 Å². The summed E-state index contributed by atoms with van der Waals surface area (Å²) in [6, 6.07) is 13.6. The third-order valence-corrected chi connectivity index (χ3v) is 4.14. The second kappa shape index (κ2) is 5.33. The molecule has 2 aromatic carbocycles. The average molecular weight is 327 g/mol. The lowest BCUT2D eigenvalue weighted by Crippen LogP contribution is -2.13. The van der Waals surface area contributed by atoms with Gasteiger partial charge in [-0.1, -0.05) is 23.7 Å². The molecule has 2 atom stereocenters. The molecule has 23 heavy (non-hydrogen) atoms. The molecule has 114 valence electrons. The molecule has 0 N–H and O–H groups in total. The van der Waals surface area contributed by atoms with Gasteiger partial charge in [-0.15, -0.1) is 0 Å². The molecule has 0 amide bonds. The Morgan fingerprint density at radius 1 is 1.04 bits per heavy atom. The predicted octanol–water partition coefficient (Wildman–Crippen LogP) is 3.77. The predicted molar refractivity (Wildman–Crippen MR) is 85.9 cm³/mol. The number of Topliss-reactive ketones (excluding diaryl/α,β-unsaturated/α-hetero) is 1. The minimum Gasteiger partial charge on any atom is -0.464 e. The number of hydrogen-bond acceptors (Lipinski definition) is 4. The monoisotopic (exact) mass is 326 g/mol. The molecule has 1 aliphatic heterocycles. The molecule has 3 aromatic rings. The number of hydrogen-bond donors (Lipinski definition) is 0. The zero-order valence-corrected chi connectivity index (χ0v) is 12.6. The molecule has 2 heterocycles. The average Bonchev–Trinajstić information content (AvgIpc) is 3.36. The van der Waals surface area contributed by atoms with Crippen molar-refractivity contribution in [3.8, 4) is 0 Å². The number of benzene rings is 2. The molecule has 0 unspecified atom stereocenters. The second-order valence-corrected chi connectivity index (χ2v) is 5.80. The number of carbonyl (C=O) groups excluding carboxylic acids is 1.